The molecule has 4 rings (SSSR count). The van der Waals surface area contributed by atoms with Crippen LogP contribution in [0.1, 0.15) is 31.7 Å². The highest BCUT2D eigenvalue weighted by Gasteiger charge is 2.36. The largest absolute Gasteiger partial charge is 0.492 e. The Balaban J connectivity index is 1.40. The normalized spacial score (nSPS) is 20.8. The molecule has 2 heterocycles. The molecule has 2 fully saturated rings. The molecule has 2 aliphatic heterocycles. The number of rotatable bonds is 8. The number of nitrogens with two attached hydrogens (primary N) is 1. The second-order valence-electron chi connectivity index (χ2n) is 8.53. The molecule has 0 saturated carbocycles. The number of likely N-dealkylation sites (tertiary alicyclic amines) is 1. The van der Waals surface area contributed by atoms with Crippen molar-refractivity contribution in [2.45, 2.75) is 38.8 Å². The van der Waals surface area contributed by atoms with E-state index in [4.69, 9.17) is 10.5 Å². The van der Waals surface area contributed by atoms with Crippen LogP contribution in [0.5, 0.6) is 5.75 Å². The molecule has 2 unspecified atom stereocenters. The van der Waals surface area contributed by atoms with E-state index in [-0.39, 0.29) is 30.2 Å². The zero-order valence-corrected chi connectivity index (χ0v) is 18.8. The Kier molecular flexibility index (Phi) is 6.93. The van der Waals surface area contributed by atoms with Crippen LogP contribution in [0.2, 0.25) is 0 Å². The van der Waals surface area contributed by atoms with E-state index in [2.05, 4.69) is 10.2 Å². The summed E-state index contributed by atoms with van der Waals surface area (Å²) < 4.78 is 5.65. The first-order valence-corrected chi connectivity index (χ1v) is 11.4. The smallest absolute Gasteiger partial charge is 0.234 e. The van der Waals surface area contributed by atoms with Gasteiger partial charge in [0.1, 0.15) is 5.75 Å². The summed E-state index contributed by atoms with van der Waals surface area (Å²) in [6.07, 6.45) is 1.88. The van der Waals surface area contributed by atoms with Crippen molar-refractivity contribution < 1.29 is 19.1 Å². The number of hydrogen-bond donors (Lipinski definition) is 2. The summed E-state index contributed by atoms with van der Waals surface area (Å²) in [4.78, 5) is 41.0. The molecule has 33 heavy (non-hydrogen) atoms. The van der Waals surface area contributed by atoms with Gasteiger partial charge in [0.25, 0.3) is 0 Å². The van der Waals surface area contributed by atoms with Crippen LogP contribution in [0, 0.1) is 5.92 Å². The number of hydrogen-bond acceptors (Lipinski definition) is 5. The van der Waals surface area contributed by atoms with Gasteiger partial charge in [-0.2, -0.15) is 0 Å². The molecule has 8 heteroatoms. The summed E-state index contributed by atoms with van der Waals surface area (Å²) in [5.41, 5.74) is 7.88. The SMILES string of the molecule is CCOc1ccccc1N1CC(C(=O)Nc2cccc(CN3CCCC3C(N)=O)c2)CC1=O. The fraction of sp³-hybridized carbons (Fsp3) is 0.400. The second kappa shape index (κ2) is 10.0. The maximum absolute atomic E-state index is 13.0. The van der Waals surface area contributed by atoms with Gasteiger partial charge in [-0.3, -0.25) is 19.3 Å². The molecule has 3 amide bonds. The number of primary amides is 1. The van der Waals surface area contributed by atoms with E-state index in [1.807, 2.05) is 55.5 Å². The molecule has 2 aliphatic rings. The van der Waals surface area contributed by atoms with E-state index in [9.17, 15) is 14.4 Å². The third-order valence-corrected chi connectivity index (χ3v) is 6.22. The average Bonchev–Trinajstić information content (AvgIpc) is 3.41. The Labute approximate surface area is 193 Å². The lowest BCUT2D eigenvalue weighted by molar-refractivity contribution is -0.122. The number of benzene rings is 2. The molecule has 2 atom stereocenters. The van der Waals surface area contributed by atoms with E-state index < -0.39 is 5.92 Å². The van der Waals surface area contributed by atoms with Crippen LogP contribution in [0.3, 0.4) is 0 Å². The molecule has 0 aliphatic carbocycles. The molecule has 2 saturated heterocycles. The molecule has 0 radical (unpaired) electrons. The van der Waals surface area contributed by atoms with Crippen LogP contribution in [0.25, 0.3) is 0 Å². The molecule has 2 aromatic carbocycles. The highest BCUT2D eigenvalue weighted by atomic mass is 16.5. The Morgan fingerprint density at radius 3 is 2.79 bits per heavy atom. The van der Waals surface area contributed by atoms with Crippen molar-refractivity contribution in [2.75, 3.05) is 29.9 Å². The molecule has 0 bridgehead atoms. The monoisotopic (exact) mass is 450 g/mol. The molecule has 174 valence electrons. The molecule has 3 N–H and O–H groups in total. The minimum atomic E-state index is -0.450. The quantitative estimate of drug-likeness (QED) is 0.643. The number of amides is 3. The van der Waals surface area contributed by atoms with Crippen LogP contribution in [-0.4, -0.2) is 48.4 Å². The minimum Gasteiger partial charge on any atom is -0.492 e. The van der Waals surface area contributed by atoms with Crippen molar-refractivity contribution in [1.29, 1.82) is 0 Å². The van der Waals surface area contributed by atoms with E-state index in [0.717, 1.165) is 24.9 Å². The number of carbonyl (C=O) groups excluding carboxylic acids is 3. The maximum atomic E-state index is 13.0. The van der Waals surface area contributed by atoms with Gasteiger partial charge in [-0.1, -0.05) is 24.3 Å². The van der Waals surface area contributed by atoms with Gasteiger partial charge in [0.05, 0.1) is 24.3 Å². The number of nitrogens with one attached hydrogen (secondary N) is 1. The summed E-state index contributed by atoms with van der Waals surface area (Å²) in [6, 6.07) is 14.7. The van der Waals surface area contributed by atoms with Gasteiger partial charge in [0.2, 0.25) is 17.7 Å². The number of nitrogens with zero attached hydrogens (tertiary/aromatic N) is 2. The van der Waals surface area contributed by atoms with Gasteiger partial charge in [-0.25, -0.2) is 0 Å². The molecule has 0 spiro atoms. The van der Waals surface area contributed by atoms with Gasteiger partial charge in [-0.05, 0) is 56.1 Å². The predicted octanol–water partition coefficient (Wildman–Crippen LogP) is 2.53. The number of anilines is 2. The van der Waals surface area contributed by atoms with Gasteiger partial charge < -0.3 is 20.7 Å². The molecular formula is C25H30N4O4. The van der Waals surface area contributed by atoms with Crippen LogP contribution in [0.4, 0.5) is 11.4 Å². The maximum Gasteiger partial charge on any atom is 0.234 e. The number of carbonyl (C=O) groups is 3. The standard InChI is InChI=1S/C25H30N4O4/c1-2-33-22-11-4-3-9-20(22)29-16-18(14-23(29)30)25(32)27-19-8-5-7-17(13-19)15-28-12-6-10-21(28)24(26)31/h3-5,7-9,11,13,18,21H,2,6,10,12,14-16H2,1H3,(H2,26,31)(H,27,32). The summed E-state index contributed by atoms with van der Waals surface area (Å²) in [7, 11) is 0. The van der Waals surface area contributed by atoms with Crippen LogP contribution >= 0.6 is 0 Å². The fourth-order valence-electron chi connectivity index (χ4n) is 4.64. The van der Waals surface area contributed by atoms with Gasteiger partial charge >= 0.3 is 0 Å². The Morgan fingerprint density at radius 2 is 2.00 bits per heavy atom. The first-order valence-electron chi connectivity index (χ1n) is 11.4. The lowest BCUT2D eigenvalue weighted by Gasteiger charge is -2.22. The van der Waals surface area contributed by atoms with Crippen molar-refractivity contribution in [3.05, 3.63) is 54.1 Å². The highest BCUT2D eigenvalue weighted by Crippen LogP contribution is 2.33. The lowest BCUT2D eigenvalue weighted by Crippen LogP contribution is -2.39. The summed E-state index contributed by atoms with van der Waals surface area (Å²) >= 11 is 0. The Bertz CT molecular complexity index is 1040. The third-order valence-electron chi connectivity index (χ3n) is 6.22. The molecule has 8 nitrogen and oxygen atoms in total. The first-order chi connectivity index (χ1) is 16.0. The molecule has 2 aromatic rings. The van der Waals surface area contributed by atoms with E-state index in [0.29, 0.717) is 36.8 Å². The first kappa shape index (κ1) is 22.8. The number of ether oxygens (including phenoxy) is 1. The van der Waals surface area contributed by atoms with Crippen LogP contribution in [0.15, 0.2) is 48.5 Å². The molecule has 0 aromatic heterocycles. The Morgan fingerprint density at radius 1 is 1.18 bits per heavy atom. The zero-order valence-electron chi connectivity index (χ0n) is 18.8. The van der Waals surface area contributed by atoms with E-state index >= 15 is 0 Å². The summed E-state index contributed by atoms with van der Waals surface area (Å²) in [6.45, 7) is 4.12. The predicted molar refractivity (Wildman–Crippen MR) is 126 cm³/mol. The van der Waals surface area contributed by atoms with Gasteiger partial charge in [0.15, 0.2) is 0 Å². The van der Waals surface area contributed by atoms with Crippen molar-refractivity contribution in [3.63, 3.8) is 0 Å². The molecular weight excluding hydrogens is 420 g/mol. The van der Waals surface area contributed by atoms with Crippen molar-refractivity contribution in [1.82, 2.24) is 4.90 Å². The van der Waals surface area contributed by atoms with E-state index in [1.165, 1.54) is 0 Å². The second-order valence-corrected chi connectivity index (χ2v) is 8.53. The summed E-state index contributed by atoms with van der Waals surface area (Å²) in [5, 5.41) is 2.96. The van der Waals surface area contributed by atoms with Crippen molar-refractivity contribution >= 4 is 29.1 Å². The summed E-state index contributed by atoms with van der Waals surface area (Å²) in [5.74, 6) is -0.388. The average molecular weight is 451 g/mol. The zero-order chi connectivity index (χ0) is 23.4. The topological polar surface area (TPSA) is 105 Å². The fourth-order valence-corrected chi connectivity index (χ4v) is 4.64. The highest BCUT2D eigenvalue weighted by molar-refractivity contribution is 6.04. The van der Waals surface area contributed by atoms with Gasteiger partial charge in [0, 0.05) is 25.2 Å². The van der Waals surface area contributed by atoms with Crippen molar-refractivity contribution in [2.24, 2.45) is 11.7 Å². The van der Waals surface area contributed by atoms with E-state index in [1.54, 1.807) is 4.90 Å². The van der Waals surface area contributed by atoms with Crippen LogP contribution in [-0.2, 0) is 20.9 Å². The third kappa shape index (κ3) is 5.17. The minimum absolute atomic E-state index is 0.0948. The van der Waals surface area contributed by atoms with Crippen LogP contribution < -0.4 is 20.7 Å². The Hall–Kier alpha value is -3.39. The van der Waals surface area contributed by atoms with Gasteiger partial charge in [-0.15, -0.1) is 0 Å². The lowest BCUT2D eigenvalue weighted by atomic mass is 10.1. The number of para-hydroxylation sites is 2. The van der Waals surface area contributed by atoms with Crippen molar-refractivity contribution in [3.8, 4) is 5.75 Å².